The summed E-state index contributed by atoms with van der Waals surface area (Å²) in [5.41, 5.74) is 0.922. The number of pyridine rings is 1. The van der Waals surface area contributed by atoms with Gasteiger partial charge in [0.15, 0.2) is 5.60 Å². The molecule has 0 saturated heterocycles. The molecule has 5 atom stereocenters. The van der Waals surface area contributed by atoms with Crippen LogP contribution in [-0.4, -0.2) is 26.9 Å². The van der Waals surface area contributed by atoms with E-state index in [9.17, 15) is 19.9 Å². The molecule has 1 aromatic heterocycles. The van der Waals surface area contributed by atoms with Crippen LogP contribution in [0, 0.1) is 34.9 Å². The minimum atomic E-state index is -1.39. The maximum absolute atomic E-state index is 13.4. The van der Waals surface area contributed by atoms with E-state index < -0.39 is 5.60 Å². The molecule has 0 spiro atoms. The van der Waals surface area contributed by atoms with E-state index in [0.717, 1.165) is 23.2 Å². The summed E-state index contributed by atoms with van der Waals surface area (Å²) in [6.07, 6.45) is 7.70. The molecular weight excluding hydrogens is 355 g/mol. The summed E-state index contributed by atoms with van der Waals surface area (Å²) in [6, 6.07) is 12.2. The van der Waals surface area contributed by atoms with Crippen LogP contribution in [0.1, 0.15) is 31.4 Å². The molecule has 2 saturated carbocycles. The second kappa shape index (κ2) is 7.46. The van der Waals surface area contributed by atoms with Gasteiger partial charge < -0.3 is 10.2 Å². The van der Waals surface area contributed by atoms with Crippen LogP contribution >= 0.6 is 0 Å². The van der Waals surface area contributed by atoms with Gasteiger partial charge in [0.25, 0.3) is 0 Å². The lowest BCUT2D eigenvalue weighted by atomic mass is 9.76. The minimum absolute atomic E-state index is 0.173. The van der Waals surface area contributed by atoms with Crippen molar-refractivity contribution >= 4 is 6.08 Å². The molecular formula is C23H23FN2O2. The third-order valence-corrected chi connectivity index (χ3v) is 6.21. The van der Waals surface area contributed by atoms with Gasteiger partial charge in [-0.05, 0) is 67.4 Å². The summed E-state index contributed by atoms with van der Waals surface area (Å²) < 4.78 is 13.4. The first kappa shape index (κ1) is 18.8. The smallest absolute Gasteiger partial charge is 0.157 e. The Balaban J connectivity index is 1.54. The van der Waals surface area contributed by atoms with E-state index >= 15 is 0 Å². The van der Waals surface area contributed by atoms with Gasteiger partial charge in [-0.3, -0.25) is 4.98 Å². The van der Waals surface area contributed by atoms with E-state index in [-0.39, 0.29) is 29.7 Å². The van der Waals surface area contributed by atoms with Gasteiger partial charge in [0.2, 0.25) is 0 Å². The van der Waals surface area contributed by atoms with E-state index in [1.54, 1.807) is 12.3 Å². The highest BCUT2D eigenvalue weighted by molar-refractivity contribution is 5.63. The predicted molar refractivity (Wildman–Crippen MR) is 104 cm³/mol. The Hall–Kier alpha value is -2.55. The number of hydrogen-bond acceptors (Lipinski definition) is 4. The number of nitriles is 1. The van der Waals surface area contributed by atoms with Gasteiger partial charge in [-0.25, -0.2) is 4.39 Å². The molecule has 0 aliphatic heterocycles. The topological polar surface area (TPSA) is 77.1 Å². The Labute approximate surface area is 164 Å². The molecule has 2 aromatic rings. The van der Waals surface area contributed by atoms with Gasteiger partial charge in [-0.2, -0.15) is 5.26 Å². The van der Waals surface area contributed by atoms with Crippen LogP contribution in [0.2, 0.25) is 0 Å². The predicted octanol–water partition coefficient (Wildman–Crippen LogP) is 3.95. The van der Waals surface area contributed by atoms with Crippen LogP contribution in [-0.2, 0) is 0 Å². The fourth-order valence-corrected chi connectivity index (χ4v) is 4.83. The first-order valence-electron chi connectivity index (χ1n) is 9.70. The summed E-state index contributed by atoms with van der Waals surface area (Å²) in [4.78, 5) is 4.42. The highest BCUT2D eigenvalue weighted by Gasteiger charge is 2.53. The largest absolute Gasteiger partial charge is 0.393 e. The van der Waals surface area contributed by atoms with Crippen molar-refractivity contribution in [3.63, 3.8) is 0 Å². The van der Waals surface area contributed by atoms with Gasteiger partial charge in [0, 0.05) is 17.7 Å². The lowest BCUT2D eigenvalue weighted by molar-refractivity contribution is 0.0633. The molecule has 0 unspecified atom stereocenters. The number of aromatic nitrogens is 1. The molecule has 0 bridgehead atoms. The summed E-state index contributed by atoms with van der Waals surface area (Å²) in [7, 11) is 0. The molecule has 5 heteroatoms. The molecule has 0 amide bonds. The average molecular weight is 378 g/mol. The third kappa shape index (κ3) is 3.58. The minimum Gasteiger partial charge on any atom is -0.393 e. The first-order valence-corrected chi connectivity index (χ1v) is 9.70. The molecule has 2 fully saturated rings. The maximum atomic E-state index is 13.4. The van der Waals surface area contributed by atoms with Crippen molar-refractivity contribution < 1.29 is 14.6 Å². The van der Waals surface area contributed by atoms with Crippen molar-refractivity contribution in [3.05, 3.63) is 60.2 Å². The monoisotopic (exact) mass is 378 g/mol. The summed E-state index contributed by atoms with van der Waals surface area (Å²) in [6.45, 7) is 0. The quantitative estimate of drug-likeness (QED) is 0.793. The Morgan fingerprint density at radius 2 is 2.07 bits per heavy atom. The van der Waals surface area contributed by atoms with E-state index in [1.165, 1.54) is 12.1 Å². The van der Waals surface area contributed by atoms with E-state index in [4.69, 9.17) is 0 Å². The number of aliphatic hydroxyl groups is 2. The number of hydrogen-bond donors (Lipinski definition) is 2. The van der Waals surface area contributed by atoms with Crippen LogP contribution in [0.15, 0.2) is 48.7 Å². The SMILES string of the molecule is N#C[C@@]1(O)C[C@@H]2C[C@H](O)CC[C@H]2[C@@H]1/C=C/c1ccc(-c2cccc(F)c2)cn1. The second-order valence-corrected chi connectivity index (χ2v) is 8.00. The van der Waals surface area contributed by atoms with E-state index in [1.807, 2.05) is 30.4 Å². The fourth-order valence-electron chi connectivity index (χ4n) is 4.83. The molecule has 2 aliphatic rings. The summed E-state index contributed by atoms with van der Waals surface area (Å²) in [5.74, 6) is -0.174. The van der Waals surface area contributed by atoms with Crippen molar-refractivity contribution in [2.24, 2.45) is 17.8 Å². The first-order chi connectivity index (χ1) is 13.5. The van der Waals surface area contributed by atoms with Crippen LogP contribution < -0.4 is 0 Å². The van der Waals surface area contributed by atoms with E-state index in [2.05, 4.69) is 11.1 Å². The number of nitrogens with zero attached hydrogens (tertiary/aromatic N) is 2. The van der Waals surface area contributed by atoms with Gasteiger partial charge in [0.05, 0.1) is 17.9 Å². The molecule has 1 heterocycles. The number of halogens is 1. The standard InChI is InChI=1S/C23H23FN2O2/c24-18-3-1-2-15(10-18)16-4-5-19(26-13-16)6-9-22-21-8-7-20(27)11-17(21)12-23(22,28)14-25/h1-6,9-10,13,17,20-22,27-28H,7-8,11-12H2/b9-6+/t17-,20+,21+,22-,23-/m0/s1. The van der Waals surface area contributed by atoms with Gasteiger partial charge in [-0.1, -0.05) is 24.3 Å². The van der Waals surface area contributed by atoms with Gasteiger partial charge in [-0.15, -0.1) is 0 Å². The fraction of sp³-hybridized carbons (Fsp3) is 0.391. The van der Waals surface area contributed by atoms with Gasteiger partial charge >= 0.3 is 0 Å². The molecule has 1 aromatic carbocycles. The molecule has 0 radical (unpaired) electrons. The summed E-state index contributed by atoms with van der Waals surface area (Å²) >= 11 is 0. The Morgan fingerprint density at radius 3 is 2.79 bits per heavy atom. The Kier molecular flexibility index (Phi) is 5.01. The van der Waals surface area contributed by atoms with Crippen molar-refractivity contribution in [2.75, 3.05) is 0 Å². The number of fused-ring (bicyclic) bond motifs is 1. The number of aliphatic hydroxyl groups excluding tert-OH is 1. The lowest BCUT2D eigenvalue weighted by Gasteiger charge is -2.31. The van der Waals surface area contributed by atoms with Gasteiger partial charge in [0.1, 0.15) is 5.82 Å². The Bertz CT molecular complexity index is 921. The molecule has 4 nitrogen and oxygen atoms in total. The molecule has 2 N–H and O–H groups in total. The number of benzene rings is 1. The number of rotatable bonds is 3. The zero-order chi connectivity index (χ0) is 19.7. The zero-order valence-corrected chi connectivity index (χ0v) is 15.5. The highest BCUT2D eigenvalue weighted by atomic mass is 19.1. The third-order valence-electron chi connectivity index (χ3n) is 6.21. The van der Waals surface area contributed by atoms with Crippen LogP contribution in [0.4, 0.5) is 4.39 Å². The Morgan fingerprint density at radius 1 is 1.21 bits per heavy atom. The zero-order valence-electron chi connectivity index (χ0n) is 15.5. The van der Waals surface area contributed by atoms with Crippen LogP contribution in [0.5, 0.6) is 0 Å². The lowest BCUT2D eigenvalue weighted by Crippen LogP contribution is -2.33. The maximum Gasteiger partial charge on any atom is 0.157 e. The van der Waals surface area contributed by atoms with Crippen molar-refractivity contribution in [2.45, 2.75) is 37.4 Å². The van der Waals surface area contributed by atoms with E-state index in [0.29, 0.717) is 19.3 Å². The molecule has 4 rings (SSSR count). The van der Waals surface area contributed by atoms with Crippen molar-refractivity contribution in [3.8, 4) is 17.2 Å². The van der Waals surface area contributed by atoms with Crippen LogP contribution in [0.3, 0.4) is 0 Å². The van der Waals surface area contributed by atoms with Crippen LogP contribution in [0.25, 0.3) is 17.2 Å². The average Bonchev–Trinajstić information content (AvgIpc) is 2.98. The molecule has 2 aliphatic carbocycles. The normalized spacial score (nSPS) is 32.2. The van der Waals surface area contributed by atoms with Crippen molar-refractivity contribution in [1.29, 1.82) is 5.26 Å². The second-order valence-electron chi connectivity index (χ2n) is 8.00. The van der Waals surface area contributed by atoms with Crippen molar-refractivity contribution in [1.82, 2.24) is 4.98 Å². The molecule has 144 valence electrons. The highest BCUT2D eigenvalue weighted by Crippen LogP contribution is 2.51. The summed E-state index contributed by atoms with van der Waals surface area (Å²) in [5, 5.41) is 30.3. The molecule has 28 heavy (non-hydrogen) atoms.